The maximum Gasteiger partial charge on any atom is 0.223 e. The summed E-state index contributed by atoms with van der Waals surface area (Å²) in [5, 5.41) is 0. The predicted octanol–water partition coefficient (Wildman–Crippen LogP) is 2.60. The van der Waals surface area contributed by atoms with E-state index in [9.17, 15) is 4.79 Å². The molecule has 4 heteroatoms. The second kappa shape index (κ2) is 4.81. The summed E-state index contributed by atoms with van der Waals surface area (Å²) in [6.45, 7) is 1.46. The van der Waals surface area contributed by atoms with E-state index in [4.69, 9.17) is 16.3 Å². The number of carbonyl (C=O) groups is 1. The molecule has 0 saturated carbocycles. The van der Waals surface area contributed by atoms with Crippen molar-refractivity contribution in [2.24, 2.45) is 5.92 Å². The molecule has 1 aromatic rings. The maximum atomic E-state index is 12.1. The molecule has 96 valence electrons. The first kappa shape index (κ1) is 11.8. The van der Waals surface area contributed by atoms with E-state index >= 15 is 0 Å². The number of alkyl halides is 1. The minimum absolute atomic E-state index is 0.163. The lowest BCUT2D eigenvalue weighted by molar-refractivity contribution is -0.130. The number of halogens is 1. The first-order valence-corrected chi connectivity index (χ1v) is 6.90. The van der Waals surface area contributed by atoms with Crippen molar-refractivity contribution in [1.82, 2.24) is 4.90 Å². The van der Waals surface area contributed by atoms with Gasteiger partial charge in [0.15, 0.2) is 0 Å². The van der Waals surface area contributed by atoms with Gasteiger partial charge in [-0.1, -0.05) is 18.2 Å². The largest absolute Gasteiger partial charge is 0.493 e. The highest BCUT2D eigenvalue weighted by Crippen LogP contribution is 2.38. The Bertz CT molecular complexity index is 463. The lowest BCUT2D eigenvalue weighted by Gasteiger charge is -2.33. The molecule has 2 heterocycles. The van der Waals surface area contributed by atoms with Crippen LogP contribution in [0.3, 0.4) is 0 Å². The molecule has 2 aliphatic rings. The Balaban J connectivity index is 1.88. The first-order chi connectivity index (χ1) is 8.79. The average Bonchev–Trinajstić information content (AvgIpc) is 2.79. The number of nitrogens with zero attached hydrogens (tertiary/aromatic N) is 1. The number of amides is 1. The van der Waals surface area contributed by atoms with Crippen molar-refractivity contribution in [1.29, 1.82) is 0 Å². The van der Waals surface area contributed by atoms with Crippen molar-refractivity contribution >= 4 is 17.5 Å². The van der Waals surface area contributed by atoms with E-state index in [1.807, 2.05) is 23.1 Å². The number of hydrogen-bond donors (Lipinski definition) is 0. The molecule has 2 unspecified atom stereocenters. The number of ether oxygens (including phenoxy) is 1. The third-order valence-corrected chi connectivity index (χ3v) is 4.20. The van der Waals surface area contributed by atoms with Crippen LogP contribution in [-0.2, 0) is 4.79 Å². The Kier molecular flexibility index (Phi) is 3.16. The zero-order valence-corrected chi connectivity index (χ0v) is 10.9. The number of carbonyl (C=O) groups excluding carboxylic acids is 1. The Morgan fingerprint density at radius 1 is 1.39 bits per heavy atom. The third kappa shape index (κ3) is 1.97. The summed E-state index contributed by atoms with van der Waals surface area (Å²) in [7, 11) is 0. The molecule has 0 aromatic heterocycles. The van der Waals surface area contributed by atoms with Gasteiger partial charge in [-0.25, -0.2) is 0 Å². The van der Waals surface area contributed by atoms with Gasteiger partial charge in [-0.3, -0.25) is 4.79 Å². The Hall–Kier alpha value is -1.22. The van der Waals surface area contributed by atoms with Gasteiger partial charge in [0.25, 0.3) is 0 Å². The SMILES string of the molecule is O=C1CC(CCl)CN1C1CCOc2ccccc21. The summed E-state index contributed by atoms with van der Waals surface area (Å²) in [5.74, 6) is 2.00. The van der Waals surface area contributed by atoms with Crippen molar-refractivity contribution in [3.8, 4) is 5.75 Å². The van der Waals surface area contributed by atoms with Gasteiger partial charge in [0, 0.05) is 30.8 Å². The quantitative estimate of drug-likeness (QED) is 0.770. The zero-order chi connectivity index (χ0) is 12.5. The summed E-state index contributed by atoms with van der Waals surface area (Å²) in [6, 6.07) is 8.16. The van der Waals surface area contributed by atoms with Crippen LogP contribution in [0, 0.1) is 5.92 Å². The highest BCUT2D eigenvalue weighted by molar-refractivity contribution is 6.18. The van der Waals surface area contributed by atoms with Crippen molar-refractivity contribution in [2.45, 2.75) is 18.9 Å². The van der Waals surface area contributed by atoms with Crippen LogP contribution in [0.2, 0.25) is 0 Å². The van der Waals surface area contributed by atoms with Crippen molar-refractivity contribution in [3.05, 3.63) is 29.8 Å². The molecule has 2 aliphatic heterocycles. The molecule has 3 nitrogen and oxygen atoms in total. The van der Waals surface area contributed by atoms with E-state index in [1.165, 1.54) is 0 Å². The van der Waals surface area contributed by atoms with Crippen molar-refractivity contribution in [2.75, 3.05) is 19.0 Å². The monoisotopic (exact) mass is 265 g/mol. The number of para-hydroxylation sites is 1. The molecule has 18 heavy (non-hydrogen) atoms. The van der Waals surface area contributed by atoms with E-state index in [1.54, 1.807) is 0 Å². The van der Waals surface area contributed by atoms with Crippen LogP contribution < -0.4 is 4.74 Å². The van der Waals surface area contributed by atoms with Gasteiger partial charge in [-0.2, -0.15) is 0 Å². The summed E-state index contributed by atoms with van der Waals surface area (Å²) in [5.41, 5.74) is 1.13. The van der Waals surface area contributed by atoms with Gasteiger partial charge in [0.1, 0.15) is 5.75 Å². The third-order valence-electron chi connectivity index (χ3n) is 3.76. The predicted molar refractivity (Wildman–Crippen MR) is 69.8 cm³/mol. The van der Waals surface area contributed by atoms with Gasteiger partial charge in [-0.15, -0.1) is 11.6 Å². The van der Waals surface area contributed by atoms with E-state index in [0.29, 0.717) is 24.8 Å². The number of fused-ring (bicyclic) bond motifs is 1. The van der Waals surface area contributed by atoms with E-state index < -0.39 is 0 Å². The smallest absolute Gasteiger partial charge is 0.223 e. The summed E-state index contributed by atoms with van der Waals surface area (Å²) < 4.78 is 5.64. The first-order valence-electron chi connectivity index (χ1n) is 6.36. The Morgan fingerprint density at radius 3 is 3.00 bits per heavy atom. The minimum Gasteiger partial charge on any atom is -0.493 e. The van der Waals surface area contributed by atoms with Gasteiger partial charge in [0.05, 0.1) is 12.6 Å². The molecule has 3 rings (SSSR count). The molecular weight excluding hydrogens is 250 g/mol. The zero-order valence-electron chi connectivity index (χ0n) is 10.1. The fourth-order valence-corrected chi connectivity index (χ4v) is 3.07. The molecule has 0 N–H and O–H groups in total. The summed E-state index contributed by atoms with van der Waals surface area (Å²) in [4.78, 5) is 14.1. The van der Waals surface area contributed by atoms with Gasteiger partial charge >= 0.3 is 0 Å². The van der Waals surface area contributed by atoms with Crippen molar-refractivity contribution < 1.29 is 9.53 Å². The van der Waals surface area contributed by atoms with Crippen LogP contribution in [-0.4, -0.2) is 29.8 Å². The molecule has 1 fully saturated rings. The molecule has 0 aliphatic carbocycles. The van der Waals surface area contributed by atoms with Crippen molar-refractivity contribution in [3.63, 3.8) is 0 Å². The lowest BCUT2D eigenvalue weighted by atomic mass is 9.99. The minimum atomic E-state index is 0.163. The van der Waals surface area contributed by atoms with Crippen LogP contribution in [0.1, 0.15) is 24.4 Å². The lowest BCUT2D eigenvalue weighted by Crippen LogP contribution is -2.33. The highest BCUT2D eigenvalue weighted by Gasteiger charge is 2.36. The fraction of sp³-hybridized carbons (Fsp3) is 0.500. The normalized spacial score (nSPS) is 26.9. The highest BCUT2D eigenvalue weighted by atomic mass is 35.5. The number of hydrogen-bond acceptors (Lipinski definition) is 2. The Labute approximate surface area is 112 Å². The maximum absolute atomic E-state index is 12.1. The second-order valence-electron chi connectivity index (χ2n) is 4.96. The molecular formula is C14H16ClNO2. The topological polar surface area (TPSA) is 29.5 Å². The van der Waals surface area contributed by atoms with Crippen LogP contribution >= 0.6 is 11.6 Å². The molecule has 0 bridgehead atoms. The molecule has 2 atom stereocenters. The molecule has 1 aromatic carbocycles. The number of likely N-dealkylation sites (tertiary alicyclic amines) is 1. The van der Waals surface area contributed by atoms with Gasteiger partial charge < -0.3 is 9.64 Å². The van der Waals surface area contributed by atoms with Crippen LogP contribution in [0.5, 0.6) is 5.75 Å². The number of benzene rings is 1. The molecule has 0 radical (unpaired) electrons. The van der Waals surface area contributed by atoms with Gasteiger partial charge in [-0.05, 0) is 12.0 Å². The standard InChI is InChI=1S/C14H16ClNO2/c15-8-10-7-14(17)16(9-10)12-5-6-18-13-4-2-1-3-11(12)13/h1-4,10,12H,5-9H2. The number of rotatable bonds is 2. The van der Waals surface area contributed by atoms with E-state index in [0.717, 1.165) is 24.3 Å². The average molecular weight is 266 g/mol. The molecule has 1 saturated heterocycles. The van der Waals surface area contributed by atoms with Crippen LogP contribution in [0.15, 0.2) is 24.3 Å². The molecule has 0 spiro atoms. The summed E-state index contributed by atoms with van der Waals surface area (Å²) >= 11 is 5.87. The van der Waals surface area contributed by atoms with E-state index in [-0.39, 0.29) is 11.9 Å². The summed E-state index contributed by atoms with van der Waals surface area (Å²) in [6.07, 6.45) is 1.46. The fourth-order valence-electron chi connectivity index (χ4n) is 2.86. The Morgan fingerprint density at radius 2 is 2.22 bits per heavy atom. The van der Waals surface area contributed by atoms with Crippen LogP contribution in [0.25, 0.3) is 0 Å². The van der Waals surface area contributed by atoms with Crippen LogP contribution in [0.4, 0.5) is 0 Å². The molecule has 1 amide bonds. The second-order valence-corrected chi connectivity index (χ2v) is 5.27. The van der Waals surface area contributed by atoms with E-state index in [2.05, 4.69) is 6.07 Å². The van der Waals surface area contributed by atoms with Gasteiger partial charge in [0.2, 0.25) is 5.91 Å².